The minimum atomic E-state index is 0.395. The molecule has 0 aliphatic heterocycles. The van der Waals surface area contributed by atoms with E-state index >= 15 is 0 Å². The van der Waals surface area contributed by atoms with Crippen LogP contribution in [0.3, 0.4) is 0 Å². The van der Waals surface area contributed by atoms with Crippen molar-refractivity contribution in [3.63, 3.8) is 0 Å². The van der Waals surface area contributed by atoms with Crippen molar-refractivity contribution in [2.45, 2.75) is 32.7 Å². The van der Waals surface area contributed by atoms with Gasteiger partial charge in [0.1, 0.15) is 0 Å². The molecule has 2 aromatic rings. The Morgan fingerprint density at radius 2 is 1.58 bits per heavy atom. The number of benzene rings is 2. The lowest BCUT2D eigenvalue weighted by Gasteiger charge is -2.18. The predicted octanol–water partition coefficient (Wildman–Crippen LogP) is 4.45. The summed E-state index contributed by atoms with van der Waals surface area (Å²) in [5.41, 5.74) is 4.08. The SMILES string of the molecule is Cc1cccc([C@@H](C)NCC(C)c2ccccc2)c1. The summed E-state index contributed by atoms with van der Waals surface area (Å²) in [6.07, 6.45) is 0. The first-order chi connectivity index (χ1) is 9.16. The predicted molar refractivity (Wildman–Crippen MR) is 82.5 cm³/mol. The van der Waals surface area contributed by atoms with Crippen molar-refractivity contribution in [1.29, 1.82) is 0 Å². The molecule has 0 saturated carbocycles. The molecule has 0 radical (unpaired) electrons. The lowest BCUT2D eigenvalue weighted by atomic mass is 10.00. The summed E-state index contributed by atoms with van der Waals surface area (Å²) in [6.45, 7) is 7.64. The second-order valence-corrected chi connectivity index (χ2v) is 5.36. The van der Waals surface area contributed by atoms with Gasteiger partial charge < -0.3 is 5.32 Å². The topological polar surface area (TPSA) is 12.0 Å². The molecule has 0 spiro atoms. The van der Waals surface area contributed by atoms with Crippen LogP contribution in [0.15, 0.2) is 54.6 Å². The summed E-state index contributed by atoms with van der Waals surface area (Å²) >= 11 is 0. The summed E-state index contributed by atoms with van der Waals surface area (Å²) in [7, 11) is 0. The van der Waals surface area contributed by atoms with Gasteiger partial charge in [0.2, 0.25) is 0 Å². The van der Waals surface area contributed by atoms with Gasteiger partial charge in [-0.2, -0.15) is 0 Å². The Labute approximate surface area is 116 Å². The highest BCUT2D eigenvalue weighted by atomic mass is 14.9. The molecular formula is C18H23N. The van der Waals surface area contributed by atoms with Crippen molar-refractivity contribution < 1.29 is 0 Å². The summed E-state index contributed by atoms with van der Waals surface area (Å²) < 4.78 is 0. The van der Waals surface area contributed by atoms with Crippen LogP contribution in [0.5, 0.6) is 0 Å². The number of rotatable bonds is 5. The van der Waals surface area contributed by atoms with Gasteiger partial charge in [-0.3, -0.25) is 0 Å². The molecule has 2 aromatic carbocycles. The summed E-state index contributed by atoms with van der Waals surface area (Å²) in [5, 5.41) is 3.62. The molecule has 0 amide bonds. The highest BCUT2D eigenvalue weighted by molar-refractivity contribution is 5.25. The summed E-state index contributed by atoms with van der Waals surface area (Å²) in [6, 6.07) is 19.8. The molecule has 1 nitrogen and oxygen atoms in total. The monoisotopic (exact) mass is 253 g/mol. The largest absolute Gasteiger partial charge is 0.310 e. The Hall–Kier alpha value is -1.60. The average Bonchev–Trinajstić information content (AvgIpc) is 2.45. The molecule has 1 unspecified atom stereocenters. The van der Waals surface area contributed by atoms with Crippen molar-refractivity contribution in [3.05, 3.63) is 71.3 Å². The minimum absolute atomic E-state index is 0.395. The number of hydrogen-bond donors (Lipinski definition) is 1. The van der Waals surface area contributed by atoms with Crippen LogP contribution < -0.4 is 5.32 Å². The third kappa shape index (κ3) is 3.93. The first kappa shape index (κ1) is 13.8. The van der Waals surface area contributed by atoms with Crippen LogP contribution in [0.25, 0.3) is 0 Å². The maximum atomic E-state index is 3.62. The molecule has 100 valence electrons. The molecule has 0 heterocycles. The average molecular weight is 253 g/mol. The first-order valence-corrected chi connectivity index (χ1v) is 7.01. The van der Waals surface area contributed by atoms with E-state index in [4.69, 9.17) is 0 Å². The van der Waals surface area contributed by atoms with E-state index in [0.717, 1.165) is 6.54 Å². The van der Waals surface area contributed by atoms with Gasteiger partial charge in [-0.1, -0.05) is 67.1 Å². The van der Waals surface area contributed by atoms with Crippen molar-refractivity contribution >= 4 is 0 Å². The third-order valence-electron chi connectivity index (χ3n) is 3.64. The van der Waals surface area contributed by atoms with Crippen molar-refractivity contribution in [3.8, 4) is 0 Å². The Morgan fingerprint density at radius 3 is 2.26 bits per heavy atom. The molecule has 1 heteroatoms. The van der Waals surface area contributed by atoms with Crippen LogP contribution >= 0.6 is 0 Å². The molecule has 2 atom stereocenters. The molecule has 0 saturated heterocycles. The van der Waals surface area contributed by atoms with Gasteiger partial charge >= 0.3 is 0 Å². The zero-order valence-corrected chi connectivity index (χ0v) is 12.1. The van der Waals surface area contributed by atoms with E-state index in [1.165, 1.54) is 16.7 Å². The fraction of sp³-hybridized carbons (Fsp3) is 0.333. The molecule has 1 N–H and O–H groups in total. The summed E-state index contributed by atoms with van der Waals surface area (Å²) in [4.78, 5) is 0. The van der Waals surface area contributed by atoms with E-state index in [1.54, 1.807) is 0 Å². The summed E-state index contributed by atoms with van der Waals surface area (Å²) in [5.74, 6) is 0.536. The minimum Gasteiger partial charge on any atom is -0.310 e. The Kier molecular flexibility index (Phi) is 4.75. The van der Waals surface area contributed by atoms with E-state index < -0.39 is 0 Å². The standard InChI is InChI=1S/C18H23N/c1-14-8-7-11-18(12-14)16(3)19-13-15(2)17-9-5-4-6-10-17/h4-12,15-16,19H,13H2,1-3H3/t15?,16-/m1/s1. The van der Waals surface area contributed by atoms with E-state index in [2.05, 4.69) is 80.7 Å². The number of hydrogen-bond acceptors (Lipinski definition) is 1. The van der Waals surface area contributed by atoms with Crippen molar-refractivity contribution in [2.24, 2.45) is 0 Å². The van der Waals surface area contributed by atoms with Crippen LogP contribution in [-0.4, -0.2) is 6.54 Å². The van der Waals surface area contributed by atoms with Crippen LogP contribution in [0.4, 0.5) is 0 Å². The molecule has 19 heavy (non-hydrogen) atoms. The van der Waals surface area contributed by atoms with E-state index in [-0.39, 0.29) is 0 Å². The smallest absolute Gasteiger partial charge is 0.0292 e. The lowest BCUT2D eigenvalue weighted by molar-refractivity contribution is 0.537. The van der Waals surface area contributed by atoms with Crippen molar-refractivity contribution in [2.75, 3.05) is 6.54 Å². The molecule has 0 aliphatic rings. The lowest BCUT2D eigenvalue weighted by Crippen LogP contribution is -2.23. The van der Waals surface area contributed by atoms with Gasteiger partial charge in [0, 0.05) is 12.6 Å². The molecule has 0 fully saturated rings. The van der Waals surface area contributed by atoms with Crippen molar-refractivity contribution in [1.82, 2.24) is 5.32 Å². The Balaban J connectivity index is 1.92. The van der Waals surface area contributed by atoms with Crippen LogP contribution in [-0.2, 0) is 0 Å². The molecule has 0 bridgehead atoms. The zero-order valence-electron chi connectivity index (χ0n) is 12.1. The Bertz CT molecular complexity index is 504. The molecule has 2 rings (SSSR count). The normalized spacial score (nSPS) is 14.1. The van der Waals surface area contributed by atoms with Gasteiger partial charge in [-0.25, -0.2) is 0 Å². The van der Waals surface area contributed by atoms with Gasteiger partial charge in [0.05, 0.1) is 0 Å². The number of nitrogens with one attached hydrogen (secondary N) is 1. The van der Waals surface area contributed by atoms with E-state index in [1.807, 2.05) is 0 Å². The highest BCUT2D eigenvalue weighted by Gasteiger charge is 2.08. The first-order valence-electron chi connectivity index (χ1n) is 7.01. The molecule has 0 aliphatic carbocycles. The molecular weight excluding hydrogens is 230 g/mol. The fourth-order valence-electron chi connectivity index (χ4n) is 2.31. The highest BCUT2D eigenvalue weighted by Crippen LogP contribution is 2.17. The maximum absolute atomic E-state index is 3.62. The Morgan fingerprint density at radius 1 is 0.895 bits per heavy atom. The van der Waals surface area contributed by atoms with E-state index in [9.17, 15) is 0 Å². The van der Waals surface area contributed by atoms with Gasteiger partial charge in [0.25, 0.3) is 0 Å². The van der Waals surface area contributed by atoms with Gasteiger partial charge in [-0.05, 0) is 30.9 Å². The van der Waals surface area contributed by atoms with Crippen LogP contribution in [0, 0.1) is 6.92 Å². The third-order valence-corrected chi connectivity index (χ3v) is 3.64. The quantitative estimate of drug-likeness (QED) is 0.830. The second kappa shape index (κ2) is 6.53. The van der Waals surface area contributed by atoms with Gasteiger partial charge in [-0.15, -0.1) is 0 Å². The van der Waals surface area contributed by atoms with Crippen LogP contribution in [0.1, 0.15) is 42.5 Å². The van der Waals surface area contributed by atoms with Gasteiger partial charge in [0.15, 0.2) is 0 Å². The maximum Gasteiger partial charge on any atom is 0.0292 e. The fourth-order valence-corrected chi connectivity index (χ4v) is 2.31. The molecule has 0 aromatic heterocycles. The number of aryl methyl sites for hydroxylation is 1. The van der Waals surface area contributed by atoms with Crippen LogP contribution in [0.2, 0.25) is 0 Å². The second-order valence-electron chi connectivity index (χ2n) is 5.36. The zero-order chi connectivity index (χ0) is 13.7. The van der Waals surface area contributed by atoms with E-state index in [0.29, 0.717) is 12.0 Å².